The normalized spacial score (nSPS) is 11.6. The van der Waals surface area contributed by atoms with Gasteiger partial charge in [0.15, 0.2) is 0 Å². The first-order chi connectivity index (χ1) is 27.8. The van der Waals surface area contributed by atoms with Gasteiger partial charge in [-0.25, -0.2) is 0 Å². The number of hydrogen-bond donors (Lipinski definition) is 0. The fraction of sp³-hybridized carbons (Fsp3) is 0. The first kappa shape index (κ1) is 32.0. The third kappa shape index (κ3) is 5.19. The van der Waals surface area contributed by atoms with Crippen molar-refractivity contribution >= 4 is 43.6 Å². The van der Waals surface area contributed by atoms with Crippen LogP contribution in [0.1, 0.15) is 0 Å². The Morgan fingerprint density at radius 3 is 1.18 bits per heavy atom. The van der Waals surface area contributed by atoms with E-state index in [0.717, 1.165) is 5.69 Å². The molecule has 2 aromatic heterocycles. The van der Waals surface area contributed by atoms with Crippen LogP contribution in [0.4, 0.5) is 0 Å². The number of fused-ring (bicyclic) bond motifs is 6. The molecule has 0 spiro atoms. The van der Waals surface area contributed by atoms with Crippen molar-refractivity contribution in [1.29, 1.82) is 0 Å². The van der Waals surface area contributed by atoms with Crippen LogP contribution in [0.25, 0.3) is 99.5 Å². The number of benzene rings is 9. The van der Waals surface area contributed by atoms with Crippen LogP contribution >= 0.6 is 0 Å². The first-order valence-corrected chi connectivity index (χ1v) is 19.3. The van der Waals surface area contributed by atoms with Crippen LogP contribution in [-0.2, 0) is 0 Å². The summed E-state index contributed by atoms with van der Waals surface area (Å²) >= 11 is 0. The Hall–Kier alpha value is -7.42. The smallest absolute Gasteiger partial charge is 0.0547 e. The monoisotopic (exact) mass is 712 g/mol. The van der Waals surface area contributed by atoms with Gasteiger partial charge in [0.25, 0.3) is 0 Å². The molecule has 262 valence electrons. The second-order valence-electron chi connectivity index (χ2n) is 14.5. The van der Waals surface area contributed by atoms with E-state index in [0.29, 0.717) is 0 Å². The minimum atomic E-state index is 1.16. The van der Waals surface area contributed by atoms with Crippen molar-refractivity contribution in [3.63, 3.8) is 0 Å². The largest absolute Gasteiger partial charge is 0.309 e. The fourth-order valence-corrected chi connectivity index (χ4v) is 8.76. The first-order valence-electron chi connectivity index (χ1n) is 19.3. The van der Waals surface area contributed by atoms with Crippen molar-refractivity contribution in [3.8, 4) is 55.9 Å². The lowest BCUT2D eigenvalue weighted by Gasteiger charge is -2.16. The minimum Gasteiger partial charge on any atom is -0.309 e. The van der Waals surface area contributed by atoms with Gasteiger partial charge in [-0.1, -0.05) is 176 Å². The van der Waals surface area contributed by atoms with E-state index in [-0.39, 0.29) is 0 Å². The van der Waals surface area contributed by atoms with E-state index >= 15 is 0 Å². The number of nitrogens with zero attached hydrogens (tertiary/aromatic N) is 2. The van der Waals surface area contributed by atoms with E-state index in [4.69, 9.17) is 0 Å². The molecule has 2 heterocycles. The molecule has 11 rings (SSSR count). The molecule has 11 aromatic rings. The highest BCUT2D eigenvalue weighted by Gasteiger charge is 2.19. The number of aromatic nitrogens is 2. The average Bonchev–Trinajstić information content (AvgIpc) is 3.79. The lowest BCUT2D eigenvalue weighted by molar-refractivity contribution is 1.18. The van der Waals surface area contributed by atoms with Crippen LogP contribution < -0.4 is 0 Å². The zero-order valence-corrected chi connectivity index (χ0v) is 30.7. The molecule has 0 bridgehead atoms. The molecule has 0 radical (unpaired) electrons. The van der Waals surface area contributed by atoms with Crippen molar-refractivity contribution in [2.75, 3.05) is 0 Å². The molecule has 0 aliphatic rings. The zero-order chi connectivity index (χ0) is 37.0. The van der Waals surface area contributed by atoms with Gasteiger partial charge in [-0.2, -0.15) is 0 Å². The van der Waals surface area contributed by atoms with Crippen LogP contribution in [-0.4, -0.2) is 9.13 Å². The zero-order valence-electron chi connectivity index (χ0n) is 30.7. The Balaban J connectivity index is 1.12. The van der Waals surface area contributed by atoms with E-state index in [1.165, 1.54) is 93.8 Å². The van der Waals surface area contributed by atoms with E-state index < -0.39 is 0 Å². The van der Waals surface area contributed by atoms with Gasteiger partial charge in [0, 0.05) is 32.7 Å². The van der Waals surface area contributed by atoms with Crippen LogP contribution in [0.5, 0.6) is 0 Å². The predicted octanol–water partition coefficient (Wildman–Crippen LogP) is 14.5. The van der Waals surface area contributed by atoms with Crippen LogP contribution in [0.3, 0.4) is 0 Å². The molecule has 9 aromatic carbocycles. The molecule has 0 fully saturated rings. The summed E-state index contributed by atoms with van der Waals surface area (Å²) in [7, 11) is 0. The lowest BCUT2D eigenvalue weighted by Crippen LogP contribution is -1.98. The summed E-state index contributed by atoms with van der Waals surface area (Å²) in [5, 5.41) is 4.98. The highest BCUT2D eigenvalue weighted by molar-refractivity contribution is 6.12. The van der Waals surface area contributed by atoms with E-state index in [9.17, 15) is 0 Å². The van der Waals surface area contributed by atoms with Crippen LogP contribution in [0.2, 0.25) is 0 Å². The number of para-hydroxylation sites is 4. The van der Waals surface area contributed by atoms with Crippen LogP contribution in [0, 0.1) is 0 Å². The Bertz CT molecular complexity index is 3240. The Kier molecular flexibility index (Phi) is 7.53. The van der Waals surface area contributed by atoms with Gasteiger partial charge in [0.2, 0.25) is 0 Å². The third-order valence-corrected chi connectivity index (χ3v) is 11.3. The SMILES string of the molecule is c1ccc(-c2cccc(-c3ccccc3-n3c4ccccc4c4ccc(-c5ccc6c7ccccc7n(-c7ccccc7-c7ccccc7)c6c5)cc43)c2)cc1. The molecule has 0 aliphatic heterocycles. The predicted molar refractivity (Wildman–Crippen MR) is 237 cm³/mol. The standard InChI is InChI=1S/C54H36N2/c1-3-16-37(17-4-1)39-20-15-21-42(34-39)44-23-8-12-27-50(44)56-52-29-14-10-25-46(52)48-33-31-41(36-54(48)56)40-30-32-47-45-24-9-13-28-51(45)55(53(47)35-40)49-26-11-7-22-43(49)38-18-5-2-6-19-38/h1-36H. The van der Waals surface area contributed by atoms with Gasteiger partial charge in [-0.05, 0) is 75.8 Å². The average molecular weight is 713 g/mol. The van der Waals surface area contributed by atoms with Crippen LogP contribution in [0.15, 0.2) is 218 Å². The van der Waals surface area contributed by atoms with E-state index in [1.807, 2.05) is 0 Å². The molecule has 2 nitrogen and oxygen atoms in total. The summed E-state index contributed by atoms with van der Waals surface area (Å²) in [4.78, 5) is 0. The minimum absolute atomic E-state index is 1.16. The Morgan fingerprint density at radius 2 is 0.607 bits per heavy atom. The molecule has 2 heteroatoms. The van der Waals surface area contributed by atoms with Crippen molar-refractivity contribution < 1.29 is 0 Å². The van der Waals surface area contributed by atoms with Gasteiger partial charge in [-0.3, -0.25) is 0 Å². The summed E-state index contributed by atoms with van der Waals surface area (Å²) in [6.45, 7) is 0. The topological polar surface area (TPSA) is 9.86 Å². The highest BCUT2D eigenvalue weighted by Crippen LogP contribution is 2.41. The van der Waals surface area contributed by atoms with Gasteiger partial charge >= 0.3 is 0 Å². The Labute approximate surface area is 325 Å². The maximum atomic E-state index is 2.46. The lowest BCUT2D eigenvalue weighted by atomic mass is 9.98. The maximum absolute atomic E-state index is 2.46. The Morgan fingerprint density at radius 1 is 0.214 bits per heavy atom. The van der Waals surface area contributed by atoms with Crippen molar-refractivity contribution in [2.45, 2.75) is 0 Å². The molecule has 0 saturated heterocycles. The molecular formula is C54H36N2. The van der Waals surface area contributed by atoms with Crippen molar-refractivity contribution in [2.24, 2.45) is 0 Å². The highest BCUT2D eigenvalue weighted by atomic mass is 15.0. The van der Waals surface area contributed by atoms with Gasteiger partial charge in [0.05, 0.1) is 33.4 Å². The number of rotatable bonds is 6. The summed E-state index contributed by atoms with van der Waals surface area (Å²) < 4.78 is 4.91. The van der Waals surface area contributed by atoms with Gasteiger partial charge < -0.3 is 9.13 Å². The maximum Gasteiger partial charge on any atom is 0.0547 e. The molecular weight excluding hydrogens is 677 g/mol. The van der Waals surface area contributed by atoms with E-state index in [2.05, 4.69) is 228 Å². The molecule has 0 unspecified atom stereocenters. The molecule has 0 saturated carbocycles. The summed E-state index contributed by atoms with van der Waals surface area (Å²) in [5.41, 5.74) is 16.7. The molecule has 0 amide bonds. The van der Waals surface area contributed by atoms with Gasteiger partial charge in [-0.15, -0.1) is 0 Å². The summed E-state index contributed by atoms with van der Waals surface area (Å²) in [5.74, 6) is 0. The third-order valence-electron chi connectivity index (χ3n) is 11.3. The quantitative estimate of drug-likeness (QED) is 0.162. The molecule has 0 N–H and O–H groups in total. The van der Waals surface area contributed by atoms with Gasteiger partial charge in [0.1, 0.15) is 0 Å². The van der Waals surface area contributed by atoms with Crippen molar-refractivity contribution in [3.05, 3.63) is 218 Å². The number of hydrogen-bond acceptors (Lipinski definition) is 0. The summed E-state index contributed by atoms with van der Waals surface area (Å²) in [6, 6.07) is 79.4. The molecule has 0 aliphatic carbocycles. The fourth-order valence-electron chi connectivity index (χ4n) is 8.76. The van der Waals surface area contributed by atoms with E-state index in [1.54, 1.807) is 0 Å². The molecule has 0 atom stereocenters. The molecule has 56 heavy (non-hydrogen) atoms. The second-order valence-corrected chi connectivity index (χ2v) is 14.5. The summed E-state index contributed by atoms with van der Waals surface area (Å²) in [6.07, 6.45) is 0. The van der Waals surface area contributed by atoms with Crippen molar-refractivity contribution in [1.82, 2.24) is 9.13 Å². The second kappa shape index (κ2) is 13.2.